The van der Waals surface area contributed by atoms with Gasteiger partial charge in [-0.2, -0.15) is 0 Å². The minimum atomic E-state index is -4.44. The zero-order chi connectivity index (χ0) is 17.9. The van der Waals surface area contributed by atoms with E-state index in [1.54, 1.807) is 4.13 Å². The van der Waals surface area contributed by atoms with E-state index in [1.807, 2.05) is 0 Å². The molecule has 0 unspecified atom stereocenters. The molecule has 0 saturated heterocycles. The minimum Gasteiger partial charge on any atom is -0.366 e. The lowest BCUT2D eigenvalue weighted by Crippen LogP contribution is -2.35. The highest BCUT2D eigenvalue weighted by atomic mass is 32.3. The zero-order valence-corrected chi connectivity index (χ0v) is 13.8. The number of primary amides is 1. The van der Waals surface area contributed by atoms with Crippen LogP contribution in [0.5, 0.6) is 0 Å². The van der Waals surface area contributed by atoms with Gasteiger partial charge in [-0.3, -0.25) is 9.59 Å². The highest BCUT2D eigenvalue weighted by Crippen LogP contribution is 2.37. The maximum Gasteiger partial charge on any atom is 0.254 e. The first-order valence-electron chi connectivity index (χ1n) is 6.50. The van der Waals surface area contributed by atoms with Crippen molar-refractivity contribution in [2.24, 2.45) is 5.73 Å². The van der Waals surface area contributed by atoms with Crippen LogP contribution in [0, 0.1) is 0 Å². The van der Waals surface area contributed by atoms with Gasteiger partial charge in [0.2, 0.25) is 5.91 Å². The summed E-state index contributed by atoms with van der Waals surface area (Å²) >= 11 is 0. The van der Waals surface area contributed by atoms with E-state index in [-0.39, 0.29) is 26.8 Å². The van der Waals surface area contributed by atoms with Gasteiger partial charge in [-0.05, 0) is 17.5 Å². The molecule has 24 heavy (non-hydrogen) atoms. The number of rotatable bonds is 2. The van der Waals surface area contributed by atoms with Crippen LogP contribution in [0.4, 0.5) is 0 Å². The van der Waals surface area contributed by atoms with Crippen LogP contribution in [0.1, 0.15) is 20.7 Å². The smallest absolute Gasteiger partial charge is 0.254 e. The Morgan fingerprint density at radius 1 is 1.08 bits per heavy atom. The fraction of sp³-hybridized carbons (Fsp3) is 0.0769. The van der Waals surface area contributed by atoms with Gasteiger partial charge in [0, 0.05) is 12.4 Å². The summed E-state index contributed by atoms with van der Waals surface area (Å²) < 4.78 is 50.4. The number of nitrogens with two attached hydrogens (primary N) is 1. The molecule has 0 bridgehead atoms. The van der Waals surface area contributed by atoms with Gasteiger partial charge in [0.25, 0.3) is 26.0 Å². The summed E-state index contributed by atoms with van der Waals surface area (Å²) in [6, 6.07) is 4.82. The van der Waals surface area contributed by atoms with Gasteiger partial charge < -0.3 is 11.1 Å². The van der Waals surface area contributed by atoms with Crippen molar-refractivity contribution in [1.29, 1.82) is 0 Å². The Labute approximate surface area is 136 Å². The molecule has 9 nitrogen and oxygen atoms in total. The van der Waals surface area contributed by atoms with Gasteiger partial charge in [0.05, 0.1) is 20.9 Å². The molecule has 3 rings (SSSR count). The molecule has 0 atom stereocenters. The van der Waals surface area contributed by atoms with Crippen molar-refractivity contribution >= 4 is 42.6 Å². The van der Waals surface area contributed by atoms with Gasteiger partial charge in [-0.25, -0.2) is 16.8 Å². The van der Waals surface area contributed by atoms with Crippen LogP contribution in [0.15, 0.2) is 34.1 Å². The van der Waals surface area contributed by atoms with Gasteiger partial charge in [0.15, 0.2) is 0 Å². The summed E-state index contributed by atoms with van der Waals surface area (Å²) in [5.74, 6) is -1.71. The molecule has 1 heterocycles. The van der Waals surface area contributed by atoms with E-state index in [0.29, 0.717) is 0 Å². The maximum atomic E-state index is 12.3. The molecule has 11 heteroatoms. The Hall–Kier alpha value is -2.50. The van der Waals surface area contributed by atoms with E-state index in [0.717, 1.165) is 6.07 Å². The first-order chi connectivity index (χ1) is 11.1. The molecule has 0 radical (unpaired) electrons. The van der Waals surface area contributed by atoms with Crippen molar-refractivity contribution in [2.45, 2.75) is 9.79 Å². The van der Waals surface area contributed by atoms with Gasteiger partial charge in [0.1, 0.15) is 0 Å². The fourth-order valence-electron chi connectivity index (χ4n) is 2.65. The number of amides is 2. The monoisotopic (exact) mass is 369 g/mol. The lowest BCUT2D eigenvalue weighted by Gasteiger charge is -2.21. The highest BCUT2D eigenvalue weighted by Gasteiger charge is 2.37. The third-order valence-corrected chi connectivity index (χ3v) is 7.18. The Balaban J connectivity index is 2.67. The molecule has 2 aromatic rings. The third-order valence-electron chi connectivity index (χ3n) is 3.60. The first-order valence-corrected chi connectivity index (χ1v) is 9.47. The maximum absolute atomic E-state index is 12.3. The number of carbonyl (C=O) groups is 2. The number of hydrogen-bond acceptors (Lipinski definition) is 6. The van der Waals surface area contributed by atoms with Crippen LogP contribution >= 0.6 is 0 Å². The minimum absolute atomic E-state index is 0.00630. The lowest BCUT2D eigenvalue weighted by molar-refractivity contribution is 0.0945. The average Bonchev–Trinajstić information content (AvgIpc) is 2.49. The second-order valence-electron chi connectivity index (χ2n) is 5.01. The van der Waals surface area contributed by atoms with Crippen LogP contribution in [-0.2, 0) is 20.0 Å². The van der Waals surface area contributed by atoms with Crippen molar-refractivity contribution in [2.75, 3.05) is 7.05 Å². The highest BCUT2D eigenvalue weighted by molar-refractivity contribution is 8.05. The summed E-state index contributed by atoms with van der Waals surface area (Å²) in [4.78, 5) is 23.1. The molecule has 1 aliphatic rings. The zero-order valence-electron chi connectivity index (χ0n) is 12.2. The number of carbonyl (C=O) groups excluding carboxylic acids is 2. The molecule has 0 spiro atoms. The van der Waals surface area contributed by atoms with Crippen LogP contribution in [-0.4, -0.2) is 35.7 Å². The summed E-state index contributed by atoms with van der Waals surface area (Å²) in [6.45, 7) is 0. The Morgan fingerprint density at radius 3 is 2.29 bits per heavy atom. The molecule has 2 aromatic carbocycles. The number of sulfonamides is 2. The SMILES string of the molecule is CNC(=O)c1c(C(N)=O)cc2c3c(cccc13)S(=O)(=O)NS2(=O)=O. The summed E-state index contributed by atoms with van der Waals surface area (Å²) in [7, 11) is -7.45. The predicted molar refractivity (Wildman–Crippen MR) is 83.4 cm³/mol. The topological polar surface area (TPSA) is 152 Å². The van der Waals surface area contributed by atoms with Crippen LogP contribution in [0.25, 0.3) is 10.8 Å². The molecule has 4 N–H and O–H groups in total. The first kappa shape index (κ1) is 16.4. The van der Waals surface area contributed by atoms with Crippen LogP contribution in [0.3, 0.4) is 0 Å². The molecular formula is C13H11N3O6S2. The number of hydrogen-bond donors (Lipinski definition) is 3. The van der Waals surface area contributed by atoms with E-state index >= 15 is 0 Å². The van der Waals surface area contributed by atoms with E-state index in [2.05, 4.69) is 5.32 Å². The lowest BCUT2D eigenvalue weighted by atomic mass is 9.97. The van der Waals surface area contributed by atoms with Crippen LogP contribution < -0.4 is 15.2 Å². The molecule has 0 fully saturated rings. The largest absolute Gasteiger partial charge is 0.366 e. The van der Waals surface area contributed by atoms with Crippen molar-refractivity contribution < 1.29 is 26.4 Å². The second-order valence-corrected chi connectivity index (χ2v) is 8.57. The predicted octanol–water partition coefficient (Wildman–Crippen LogP) is -0.721. The third kappa shape index (κ3) is 2.17. The Bertz CT molecular complexity index is 1140. The molecule has 0 aliphatic carbocycles. The molecule has 2 amide bonds. The van der Waals surface area contributed by atoms with Crippen molar-refractivity contribution in [3.8, 4) is 0 Å². The van der Waals surface area contributed by atoms with Gasteiger partial charge >= 0.3 is 0 Å². The fourth-order valence-corrected chi connectivity index (χ4v) is 6.09. The molecule has 0 saturated carbocycles. The Kier molecular flexibility index (Phi) is 3.41. The normalized spacial score (nSPS) is 17.4. The summed E-state index contributed by atoms with van der Waals surface area (Å²) in [6.07, 6.45) is 0. The van der Waals surface area contributed by atoms with Crippen LogP contribution in [0.2, 0.25) is 0 Å². The van der Waals surface area contributed by atoms with Crippen molar-refractivity contribution in [3.05, 3.63) is 35.4 Å². The van der Waals surface area contributed by atoms with E-state index in [9.17, 15) is 26.4 Å². The molecule has 1 aliphatic heterocycles. The molecule has 0 aromatic heterocycles. The number of benzene rings is 2. The van der Waals surface area contributed by atoms with E-state index < -0.39 is 36.8 Å². The Morgan fingerprint density at radius 2 is 1.71 bits per heavy atom. The van der Waals surface area contributed by atoms with Crippen molar-refractivity contribution in [3.63, 3.8) is 0 Å². The summed E-state index contributed by atoms with van der Waals surface area (Å²) in [5, 5.41) is 2.18. The second kappa shape index (κ2) is 5.00. The van der Waals surface area contributed by atoms with Crippen molar-refractivity contribution in [1.82, 2.24) is 9.44 Å². The van der Waals surface area contributed by atoms with E-state index in [4.69, 9.17) is 5.73 Å². The standard InChI is InChI=1S/C13H11N3O6S2/c1-15-13(18)10-6-3-2-4-8-11(6)9(5-7(10)12(14)17)24(21,22)16-23(8,19)20/h2-5,16H,1H3,(H2,14,17)(H,15,18). The van der Waals surface area contributed by atoms with Gasteiger partial charge in [-0.1, -0.05) is 12.1 Å². The number of nitrogens with one attached hydrogen (secondary N) is 2. The van der Waals surface area contributed by atoms with E-state index in [1.165, 1.54) is 25.2 Å². The molecule has 126 valence electrons. The average molecular weight is 369 g/mol. The quantitative estimate of drug-likeness (QED) is 0.635. The summed E-state index contributed by atoms with van der Waals surface area (Å²) in [5.41, 5.74) is 4.76. The van der Waals surface area contributed by atoms with Gasteiger partial charge in [-0.15, -0.1) is 4.13 Å². The molecular weight excluding hydrogens is 358 g/mol.